The molecule has 0 amide bonds. The molecule has 0 fully saturated rings. The van der Waals surface area contributed by atoms with Crippen molar-refractivity contribution >= 4 is 0 Å². The molecule has 0 unspecified atom stereocenters. The summed E-state index contributed by atoms with van der Waals surface area (Å²) in [7, 11) is 0. The largest absolute Gasteiger partial charge is 0.493 e. The van der Waals surface area contributed by atoms with E-state index in [9.17, 15) is 15.3 Å². The van der Waals surface area contributed by atoms with E-state index in [1.54, 1.807) is 0 Å². The number of rotatable bonds is 3. The van der Waals surface area contributed by atoms with Crippen LogP contribution in [0.4, 0.5) is 0 Å². The van der Waals surface area contributed by atoms with E-state index in [1.165, 1.54) is 12.3 Å². The zero-order chi connectivity index (χ0) is 12.3. The van der Waals surface area contributed by atoms with Gasteiger partial charge in [0, 0.05) is 6.42 Å². The predicted octanol–water partition coefficient (Wildman–Crippen LogP) is 0.226. The fraction of sp³-hybridized carbons (Fsp3) is 0.385. The summed E-state index contributed by atoms with van der Waals surface area (Å²) < 4.78 is 5.14. The third-order valence-electron chi connectivity index (χ3n) is 3.07. The molecule has 2 rings (SSSR count). The molecule has 92 valence electrons. The number of benzene rings is 1. The summed E-state index contributed by atoms with van der Waals surface area (Å²) in [5, 5.41) is 29.5. The molecule has 1 aliphatic rings. The van der Waals surface area contributed by atoms with Crippen molar-refractivity contribution in [3.63, 3.8) is 0 Å². The highest BCUT2D eigenvalue weighted by atomic mass is 16.5. The average Bonchev–Trinajstić information content (AvgIpc) is 2.34. The van der Waals surface area contributed by atoms with Crippen molar-refractivity contribution in [2.75, 3.05) is 6.61 Å². The third kappa shape index (κ3) is 2.34. The van der Waals surface area contributed by atoms with Gasteiger partial charge in [-0.3, -0.25) is 0 Å². The van der Waals surface area contributed by atoms with Crippen LogP contribution in [0.15, 0.2) is 42.7 Å². The van der Waals surface area contributed by atoms with Crippen molar-refractivity contribution in [1.29, 1.82) is 0 Å². The SMILES string of the molecule is OC[C@H]1OC=C[C@@H](O)[C@@]1(O)Cc1ccccc1. The molecule has 0 saturated heterocycles. The van der Waals surface area contributed by atoms with E-state index < -0.39 is 17.8 Å². The summed E-state index contributed by atoms with van der Waals surface area (Å²) in [5.41, 5.74) is -0.614. The first-order valence-corrected chi connectivity index (χ1v) is 5.54. The second-order valence-corrected chi connectivity index (χ2v) is 4.23. The summed E-state index contributed by atoms with van der Waals surface area (Å²) in [5.74, 6) is 0. The van der Waals surface area contributed by atoms with Crippen LogP contribution in [0, 0.1) is 0 Å². The Morgan fingerprint density at radius 1 is 1.24 bits per heavy atom. The van der Waals surface area contributed by atoms with Gasteiger partial charge >= 0.3 is 0 Å². The molecule has 3 atom stereocenters. The van der Waals surface area contributed by atoms with E-state index in [-0.39, 0.29) is 13.0 Å². The van der Waals surface area contributed by atoms with Gasteiger partial charge in [0.2, 0.25) is 0 Å². The minimum Gasteiger partial charge on any atom is -0.493 e. The summed E-state index contributed by atoms with van der Waals surface area (Å²) in [6.07, 6.45) is 1.06. The average molecular weight is 236 g/mol. The summed E-state index contributed by atoms with van der Waals surface area (Å²) in [6, 6.07) is 9.32. The van der Waals surface area contributed by atoms with Gasteiger partial charge < -0.3 is 20.1 Å². The van der Waals surface area contributed by atoms with Crippen LogP contribution >= 0.6 is 0 Å². The van der Waals surface area contributed by atoms with Gasteiger partial charge in [0.05, 0.1) is 12.9 Å². The molecule has 0 radical (unpaired) electrons. The van der Waals surface area contributed by atoms with E-state index in [0.717, 1.165) is 5.56 Å². The first-order chi connectivity index (χ1) is 8.16. The van der Waals surface area contributed by atoms with Crippen molar-refractivity contribution < 1.29 is 20.1 Å². The maximum Gasteiger partial charge on any atom is 0.152 e. The minimum absolute atomic E-state index is 0.227. The Kier molecular flexibility index (Phi) is 3.47. The third-order valence-corrected chi connectivity index (χ3v) is 3.07. The van der Waals surface area contributed by atoms with Gasteiger partial charge in [-0.25, -0.2) is 0 Å². The van der Waals surface area contributed by atoms with Crippen molar-refractivity contribution in [1.82, 2.24) is 0 Å². The molecule has 17 heavy (non-hydrogen) atoms. The topological polar surface area (TPSA) is 69.9 Å². The number of aliphatic hydroxyl groups excluding tert-OH is 2. The van der Waals surface area contributed by atoms with Gasteiger partial charge in [0.15, 0.2) is 6.10 Å². The summed E-state index contributed by atoms with van der Waals surface area (Å²) in [6.45, 7) is -0.343. The Balaban J connectivity index is 2.23. The van der Waals surface area contributed by atoms with Crippen molar-refractivity contribution in [2.24, 2.45) is 0 Å². The Hall–Kier alpha value is -1.36. The van der Waals surface area contributed by atoms with Crippen LogP contribution in [-0.4, -0.2) is 39.7 Å². The van der Waals surface area contributed by atoms with Crippen LogP contribution in [0.5, 0.6) is 0 Å². The lowest BCUT2D eigenvalue weighted by Crippen LogP contribution is -2.57. The van der Waals surface area contributed by atoms with E-state index >= 15 is 0 Å². The van der Waals surface area contributed by atoms with Crippen molar-refractivity contribution in [3.8, 4) is 0 Å². The van der Waals surface area contributed by atoms with Gasteiger partial charge in [-0.15, -0.1) is 0 Å². The van der Waals surface area contributed by atoms with Crippen molar-refractivity contribution in [3.05, 3.63) is 48.2 Å². The van der Waals surface area contributed by atoms with Crippen LogP contribution in [0.2, 0.25) is 0 Å². The van der Waals surface area contributed by atoms with E-state index in [0.29, 0.717) is 0 Å². The minimum atomic E-state index is -1.50. The van der Waals surface area contributed by atoms with E-state index in [2.05, 4.69) is 0 Å². The second kappa shape index (κ2) is 4.87. The molecule has 1 heterocycles. The normalized spacial score (nSPS) is 32.2. The fourth-order valence-corrected chi connectivity index (χ4v) is 2.03. The van der Waals surface area contributed by atoms with Crippen molar-refractivity contribution in [2.45, 2.75) is 24.2 Å². The smallest absolute Gasteiger partial charge is 0.152 e. The molecule has 3 N–H and O–H groups in total. The number of hydrogen-bond acceptors (Lipinski definition) is 4. The summed E-state index contributed by atoms with van der Waals surface area (Å²) in [4.78, 5) is 0. The number of hydrogen-bond donors (Lipinski definition) is 3. The molecule has 1 aromatic rings. The van der Waals surface area contributed by atoms with E-state index in [4.69, 9.17) is 4.74 Å². The molecule has 4 heteroatoms. The standard InChI is InChI=1S/C13H16O4/c14-9-12-13(16,11(15)6-7-17-12)8-10-4-2-1-3-5-10/h1-7,11-12,14-16H,8-9H2/t11-,12-,13+/m1/s1. The summed E-state index contributed by atoms with van der Waals surface area (Å²) >= 11 is 0. The molecule has 0 bridgehead atoms. The molecule has 1 aliphatic heterocycles. The van der Waals surface area contributed by atoms with Gasteiger partial charge in [-0.05, 0) is 11.6 Å². The highest BCUT2D eigenvalue weighted by molar-refractivity contribution is 5.21. The molecular formula is C13H16O4. The molecule has 0 aromatic heterocycles. The number of aliphatic hydroxyl groups is 3. The van der Waals surface area contributed by atoms with Gasteiger partial charge in [0.25, 0.3) is 0 Å². The van der Waals surface area contributed by atoms with Gasteiger partial charge in [-0.2, -0.15) is 0 Å². The first-order valence-electron chi connectivity index (χ1n) is 5.54. The zero-order valence-corrected chi connectivity index (χ0v) is 9.36. The van der Waals surface area contributed by atoms with Crippen LogP contribution in [0.25, 0.3) is 0 Å². The second-order valence-electron chi connectivity index (χ2n) is 4.23. The van der Waals surface area contributed by atoms with Crippen LogP contribution in [0.3, 0.4) is 0 Å². The quantitative estimate of drug-likeness (QED) is 0.702. The lowest BCUT2D eigenvalue weighted by molar-refractivity contribution is -0.158. The maximum atomic E-state index is 10.5. The fourth-order valence-electron chi connectivity index (χ4n) is 2.03. The van der Waals surface area contributed by atoms with Crippen LogP contribution in [-0.2, 0) is 11.2 Å². The predicted molar refractivity (Wildman–Crippen MR) is 62.2 cm³/mol. The van der Waals surface area contributed by atoms with Crippen LogP contribution in [0.1, 0.15) is 5.56 Å². The zero-order valence-electron chi connectivity index (χ0n) is 9.36. The van der Waals surface area contributed by atoms with E-state index in [1.807, 2.05) is 30.3 Å². The molecular weight excluding hydrogens is 220 g/mol. The molecule has 1 aromatic carbocycles. The highest BCUT2D eigenvalue weighted by Gasteiger charge is 2.45. The van der Waals surface area contributed by atoms with Crippen LogP contribution < -0.4 is 0 Å². The monoisotopic (exact) mass is 236 g/mol. The first kappa shape index (κ1) is 12.1. The number of ether oxygens (including phenoxy) is 1. The molecule has 0 spiro atoms. The Morgan fingerprint density at radius 2 is 1.94 bits per heavy atom. The maximum absolute atomic E-state index is 10.5. The van der Waals surface area contributed by atoms with Gasteiger partial charge in [0.1, 0.15) is 11.7 Å². The lowest BCUT2D eigenvalue weighted by atomic mass is 9.83. The molecule has 0 aliphatic carbocycles. The lowest BCUT2D eigenvalue weighted by Gasteiger charge is -2.39. The molecule has 4 nitrogen and oxygen atoms in total. The highest BCUT2D eigenvalue weighted by Crippen LogP contribution is 2.28. The Bertz CT molecular complexity index is 390. The Morgan fingerprint density at radius 3 is 2.59 bits per heavy atom. The van der Waals surface area contributed by atoms with Gasteiger partial charge in [-0.1, -0.05) is 30.3 Å². The Labute approximate surface area is 99.8 Å². The molecule has 0 saturated carbocycles.